The van der Waals surface area contributed by atoms with Gasteiger partial charge in [0.1, 0.15) is 5.82 Å². The third-order valence-electron chi connectivity index (χ3n) is 5.91. The van der Waals surface area contributed by atoms with Crippen molar-refractivity contribution in [2.75, 3.05) is 26.7 Å². The van der Waals surface area contributed by atoms with Crippen molar-refractivity contribution in [1.29, 1.82) is 0 Å². The molecule has 7 heteroatoms. The number of hydrogen-bond acceptors (Lipinski definition) is 4. The molecule has 0 bridgehead atoms. The van der Waals surface area contributed by atoms with E-state index in [4.69, 9.17) is 4.74 Å². The number of amides is 2. The minimum Gasteiger partial charge on any atom is -0.361 e. The minimum atomic E-state index is -1.23. The monoisotopic (exact) mass is 447 g/mol. The molecule has 2 heterocycles. The molecule has 0 radical (unpaired) electrons. The molecule has 1 atom stereocenters. The van der Waals surface area contributed by atoms with Crippen molar-refractivity contribution in [2.24, 2.45) is 0 Å². The van der Waals surface area contributed by atoms with Crippen molar-refractivity contribution in [2.45, 2.75) is 18.4 Å². The lowest BCUT2D eigenvalue weighted by Gasteiger charge is -2.41. The zero-order chi connectivity index (χ0) is 23.3. The van der Waals surface area contributed by atoms with Crippen molar-refractivity contribution < 1.29 is 18.7 Å². The number of halogens is 1. The molecule has 1 unspecified atom stereocenters. The minimum absolute atomic E-state index is 0.0615. The number of morpholine rings is 1. The van der Waals surface area contributed by atoms with Gasteiger partial charge in [0.05, 0.1) is 19.6 Å². The number of pyridine rings is 1. The highest BCUT2D eigenvalue weighted by atomic mass is 19.1. The summed E-state index contributed by atoms with van der Waals surface area (Å²) in [6.45, 7) is 0.670. The number of aromatic nitrogens is 1. The summed E-state index contributed by atoms with van der Waals surface area (Å²) in [5.41, 5.74) is 2.05. The van der Waals surface area contributed by atoms with Gasteiger partial charge in [-0.3, -0.25) is 14.6 Å². The summed E-state index contributed by atoms with van der Waals surface area (Å²) in [6.07, 6.45) is 3.71. The number of rotatable bonds is 6. The number of nitrogens with zero attached hydrogens (tertiary/aromatic N) is 2. The van der Waals surface area contributed by atoms with Gasteiger partial charge in [-0.15, -0.1) is 0 Å². The molecule has 1 aliphatic heterocycles. The van der Waals surface area contributed by atoms with E-state index >= 15 is 0 Å². The number of benzene rings is 2. The summed E-state index contributed by atoms with van der Waals surface area (Å²) in [7, 11) is 1.56. The zero-order valence-corrected chi connectivity index (χ0v) is 18.5. The third kappa shape index (κ3) is 5.09. The maximum atomic E-state index is 14.1. The summed E-state index contributed by atoms with van der Waals surface area (Å²) in [5.74, 6) is -0.938. The first-order valence-electron chi connectivity index (χ1n) is 10.9. The van der Waals surface area contributed by atoms with Gasteiger partial charge in [0.15, 0.2) is 5.60 Å². The molecular weight excluding hydrogens is 421 g/mol. The van der Waals surface area contributed by atoms with Gasteiger partial charge in [0.25, 0.3) is 5.91 Å². The van der Waals surface area contributed by atoms with Crippen LogP contribution in [-0.4, -0.2) is 54.0 Å². The number of ether oxygens (including phenoxy) is 1. The molecule has 3 aromatic rings. The summed E-state index contributed by atoms with van der Waals surface area (Å²) in [4.78, 5) is 31.6. The second-order valence-corrected chi connectivity index (χ2v) is 8.12. The van der Waals surface area contributed by atoms with Gasteiger partial charge in [0, 0.05) is 32.4 Å². The summed E-state index contributed by atoms with van der Waals surface area (Å²) < 4.78 is 20.1. The first-order chi connectivity index (χ1) is 16.0. The molecule has 1 saturated heterocycles. The van der Waals surface area contributed by atoms with Gasteiger partial charge in [-0.1, -0.05) is 42.5 Å². The molecule has 0 saturated carbocycles. The van der Waals surface area contributed by atoms with Crippen LogP contribution >= 0.6 is 0 Å². The van der Waals surface area contributed by atoms with E-state index in [1.165, 1.54) is 6.07 Å². The molecule has 6 nitrogen and oxygen atoms in total. The number of carbonyl (C=O) groups is 2. The SMILES string of the molecule is CNC(=O)C1(Cc2cccc(-c3ccncc3)c2)CN(C(=O)Cc2ccccc2F)CCO1. The lowest BCUT2D eigenvalue weighted by molar-refractivity contribution is -0.165. The van der Waals surface area contributed by atoms with Crippen LogP contribution in [0.3, 0.4) is 0 Å². The summed E-state index contributed by atoms with van der Waals surface area (Å²) in [5, 5.41) is 2.69. The Morgan fingerprint density at radius 1 is 1.09 bits per heavy atom. The third-order valence-corrected chi connectivity index (χ3v) is 5.91. The fourth-order valence-corrected chi connectivity index (χ4v) is 4.20. The highest BCUT2D eigenvalue weighted by Gasteiger charge is 2.44. The number of likely N-dealkylation sites (N-methyl/N-ethyl adjacent to an activating group) is 1. The topological polar surface area (TPSA) is 71.5 Å². The van der Waals surface area contributed by atoms with Crippen LogP contribution < -0.4 is 5.32 Å². The van der Waals surface area contributed by atoms with Crippen LogP contribution in [-0.2, 0) is 27.2 Å². The molecular formula is C26H26FN3O3. The van der Waals surface area contributed by atoms with Crippen LogP contribution in [0.1, 0.15) is 11.1 Å². The lowest BCUT2D eigenvalue weighted by atomic mass is 9.89. The van der Waals surface area contributed by atoms with Gasteiger partial charge < -0.3 is 15.0 Å². The second-order valence-electron chi connectivity index (χ2n) is 8.12. The lowest BCUT2D eigenvalue weighted by Crippen LogP contribution is -2.61. The Kier molecular flexibility index (Phi) is 6.79. The number of carbonyl (C=O) groups excluding carboxylic acids is 2. The van der Waals surface area contributed by atoms with Gasteiger partial charge >= 0.3 is 0 Å². The van der Waals surface area contributed by atoms with Crippen LogP contribution in [0.4, 0.5) is 4.39 Å². The molecule has 1 aromatic heterocycles. The van der Waals surface area contributed by atoms with E-state index in [-0.39, 0.29) is 31.4 Å². The van der Waals surface area contributed by atoms with E-state index in [9.17, 15) is 14.0 Å². The smallest absolute Gasteiger partial charge is 0.254 e. The molecule has 4 rings (SSSR count). The van der Waals surface area contributed by atoms with Crippen LogP contribution in [0, 0.1) is 5.82 Å². The van der Waals surface area contributed by atoms with E-state index in [1.807, 2.05) is 36.4 Å². The number of nitrogens with one attached hydrogen (secondary N) is 1. The Bertz CT molecular complexity index is 1140. The summed E-state index contributed by atoms with van der Waals surface area (Å²) >= 11 is 0. The quantitative estimate of drug-likeness (QED) is 0.631. The van der Waals surface area contributed by atoms with Crippen LogP contribution in [0.25, 0.3) is 11.1 Å². The molecule has 2 amide bonds. The van der Waals surface area contributed by atoms with E-state index in [0.717, 1.165) is 16.7 Å². The van der Waals surface area contributed by atoms with Gasteiger partial charge in [-0.05, 0) is 40.5 Å². The molecule has 170 valence electrons. The van der Waals surface area contributed by atoms with Gasteiger partial charge in [-0.25, -0.2) is 4.39 Å². The first kappa shape index (κ1) is 22.6. The van der Waals surface area contributed by atoms with Crippen LogP contribution in [0.5, 0.6) is 0 Å². The Morgan fingerprint density at radius 2 is 1.88 bits per heavy atom. The fourth-order valence-electron chi connectivity index (χ4n) is 4.20. The standard InChI is InChI=1S/C26H26FN3O3/c1-28-25(32)26(17-19-5-4-7-21(15-19)20-9-11-29-12-10-20)18-30(13-14-33-26)24(31)16-22-6-2-3-8-23(22)27/h2-12,15H,13-14,16-18H2,1H3,(H,28,32). The Labute approximate surface area is 192 Å². The van der Waals surface area contributed by atoms with E-state index in [1.54, 1.807) is 42.5 Å². The number of hydrogen-bond donors (Lipinski definition) is 1. The second kappa shape index (κ2) is 9.92. The molecule has 0 spiro atoms. The maximum absolute atomic E-state index is 14.1. The van der Waals surface area contributed by atoms with Gasteiger partial charge in [-0.2, -0.15) is 0 Å². The Morgan fingerprint density at radius 3 is 2.64 bits per heavy atom. The molecule has 0 aliphatic carbocycles. The van der Waals surface area contributed by atoms with Crippen molar-refractivity contribution >= 4 is 11.8 Å². The molecule has 2 aromatic carbocycles. The van der Waals surface area contributed by atoms with Crippen molar-refractivity contribution in [3.63, 3.8) is 0 Å². The largest absolute Gasteiger partial charge is 0.361 e. The normalized spacial score (nSPS) is 18.1. The first-order valence-corrected chi connectivity index (χ1v) is 10.9. The summed E-state index contributed by atoms with van der Waals surface area (Å²) in [6, 6.07) is 18.0. The van der Waals surface area contributed by atoms with Crippen LogP contribution in [0.15, 0.2) is 73.1 Å². The molecule has 1 fully saturated rings. The zero-order valence-electron chi connectivity index (χ0n) is 18.5. The predicted molar refractivity (Wildman–Crippen MR) is 123 cm³/mol. The van der Waals surface area contributed by atoms with Crippen molar-refractivity contribution in [3.05, 3.63) is 90.0 Å². The highest BCUT2D eigenvalue weighted by molar-refractivity contribution is 5.87. The fraction of sp³-hybridized carbons (Fsp3) is 0.269. The van der Waals surface area contributed by atoms with E-state index < -0.39 is 11.4 Å². The maximum Gasteiger partial charge on any atom is 0.254 e. The van der Waals surface area contributed by atoms with Gasteiger partial charge in [0.2, 0.25) is 5.91 Å². The van der Waals surface area contributed by atoms with E-state index in [2.05, 4.69) is 10.3 Å². The molecule has 1 aliphatic rings. The van der Waals surface area contributed by atoms with E-state index in [0.29, 0.717) is 18.5 Å². The van der Waals surface area contributed by atoms with Crippen LogP contribution in [0.2, 0.25) is 0 Å². The predicted octanol–water partition coefficient (Wildman–Crippen LogP) is 3.02. The Balaban J connectivity index is 1.57. The average Bonchev–Trinajstić information content (AvgIpc) is 2.85. The average molecular weight is 448 g/mol. The molecule has 1 N–H and O–H groups in total. The highest BCUT2D eigenvalue weighted by Crippen LogP contribution is 2.27. The van der Waals surface area contributed by atoms with Crippen molar-refractivity contribution in [3.8, 4) is 11.1 Å². The Hall–Kier alpha value is -3.58. The van der Waals surface area contributed by atoms with Crippen molar-refractivity contribution in [1.82, 2.24) is 15.2 Å². The molecule has 33 heavy (non-hydrogen) atoms.